The lowest BCUT2D eigenvalue weighted by Crippen LogP contribution is -2.20. The van der Waals surface area contributed by atoms with Gasteiger partial charge in [-0.3, -0.25) is 0 Å². The zero-order chi connectivity index (χ0) is 12.8. The molecule has 0 aromatic heterocycles. The highest BCUT2D eigenvalue weighted by molar-refractivity contribution is 6.31. The minimum atomic E-state index is -0.873. The average Bonchev–Trinajstić information content (AvgIpc) is 3.12. The average molecular weight is 270 g/mol. The van der Waals surface area contributed by atoms with Gasteiger partial charge in [0.05, 0.1) is 10.6 Å². The molecule has 0 atom stereocenters. The van der Waals surface area contributed by atoms with Crippen LogP contribution in [-0.2, 0) is 10.3 Å². The topological polar surface area (TPSA) is 47.9 Å². The van der Waals surface area contributed by atoms with E-state index in [1.54, 1.807) is 0 Å². The fourth-order valence-corrected chi connectivity index (χ4v) is 2.36. The molecule has 1 aromatic rings. The maximum absolute atomic E-state index is 14.2. The highest BCUT2D eigenvalue weighted by Crippen LogP contribution is 2.56. The molecule has 0 saturated heterocycles. The van der Waals surface area contributed by atoms with E-state index in [4.69, 9.17) is 21.1 Å². The Kier molecular flexibility index (Phi) is 2.54. The van der Waals surface area contributed by atoms with Gasteiger partial charge in [0.1, 0.15) is 18.8 Å². The number of ether oxygens (including phenoxy) is 2. The molecule has 0 bridgehead atoms. The van der Waals surface area contributed by atoms with E-state index in [1.165, 1.54) is 12.1 Å². The lowest BCUT2D eigenvalue weighted by Gasteiger charge is -2.24. The fraction of sp³-hybridized carbons (Fsp3) is 0.417. The van der Waals surface area contributed by atoms with E-state index >= 15 is 0 Å². The summed E-state index contributed by atoms with van der Waals surface area (Å²) in [5.74, 6) is 0.104. The third kappa shape index (κ3) is 1.59. The number of hydrogen-bond donors (Lipinski definition) is 0. The van der Waals surface area contributed by atoms with Crippen molar-refractivity contribution in [3.05, 3.63) is 22.5 Å². The molecule has 0 unspecified atom stereocenters. The molecule has 0 radical (unpaired) electrons. The van der Waals surface area contributed by atoms with Gasteiger partial charge < -0.3 is 9.47 Å². The molecular formula is C12H9ClFNO3. The van der Waals surface area contributed by atoms with E-state index in [0.717, 1.165) is 0 Å². The zero-order valence-corrected chi connectivity index (χ0v) is 10.1. The molecule has 0 spiro atoms. The maximum atomic E-state index is 14.2. The molecule has 6 heteroatoms. The van der Waals surface area contributed by atoms with Crippen molar-refractivity contribution in [3.8, 4) is 11.5 Å². The Morgan fingerprint density at radius 3 is 2.78 bits per heavy atom. The van der Waals surface area contributed by atoms with Gasteiger partial charge in [0.2, 0.25) is 6.08 Å². The summed E-state index contributed by atoms with van der Waals surface area (Å²) in [5, 5.41) is -0.0541. The van der Waals surface area contributed by atoms with Crippen molar-refractivity contribution in [2.24, 2.45) is 4.99 Å². The third-order valence-corrected chi connectivity index (χ3v) is 3.45. The first-order chi connectivity index (χ1) is 8.68. The summed E-state index contributed by atoms with van der Waals surface area (Å²) in [7, 11) is 0. The Balaban J connectivity index is 2.24. The molecule has 0 N–H and O–H groups in total. The maximum Gasteiger partial charge on any atom is 0.235 e. The molecule has 1 aliphatic carbocycles. The number of fused-ring (bicyclic) bond motifs is 1. The Labute approximate surface area is 107 Å². The number of aliphatic imine (C=N–C) groups is 1. The van der Waals surface area contributed by atoms with Gasteiger partial charge in [-0.2, -0.15) is 4.99 Å². The zero-order valence-electron chi connectivity index (χ0n) is 9.33. The van der Waals surface area contributed by atoms with E-state index in [9.17, 15) is 9.18 Å². The lowest BCUT2D eigenvalue weighted by atomic mass is 10.0. The Bertz CT molecular complexity index is 565. The predicted molar refractivity (Wildman–Crippen MR) is 61.4 cm³/mol. The van der Waals surface area contributed by atoms with Gasteiger partial charge in [0.15, 0.2) is 17.3 Å². The van der Waals surface area contributed by atoms with Crippen LogP contribution in [0.5, 0.6) is 11.5 Å². The molecule has 2 aliphatic rings. The van der Waals surface area contributed by atoms with Crippen molar-refractivity contribution in [2.45, 2.75) is 18.4 Å². The summed E-state index contributed by atoms with van der Waals surface area (Å²) in [6.45, 7) is 0.723. The van der Waals surface area contributed by atoms with Crippen LogP contribution in [0.25, 0.3) is 0 Å². The Morgan fingerprint density at radius 2 is 2.11 bits per heavy atom. The summed E-state index contributed by atoms with van der Waals surface area (Å²) in [5.41, 5.74) is -0.658. The van der Waals surface area contributed by atoms with Crippen LogP contribution >= 0.6 is 11.6 Å². The first-order valence-electron chi connectivity index (χ1n) is 5.55. The number of halogens is 2. The molecular weight excluding hydrogens is 261 g/mol. The first-order valence-corrected chi connectivity index (χ1v) is 5.93. The van der Waals surface area contributed by atoms with Crippen molar-refractivity contribution in [1.82, 2.24) is 0 Å². The number of carbonyl (C=O) groups excluding carboxylic acids is 1. The standard InChI is InChI=1S/C12H9ClFNO3/c13-7-5-8-11(18-4-3-17-8)9(10(7)14)12(1-2-12)15-6-16/h5H,1-4H2. The molecule has 3 rings (SSSR count). The summed E-state index contributed by atoms with van der Waals surface area (Å²) in [6, 6.07) is 1.38. The van der Waals surface area contributed by atoms with Crippen LogP contribution in [-0.4, -0.2) is 19.3 Å². The first kappa shape index (κ1) is 11.5. The van der Waals surface area contributed by atoms with Crippen LogP contribution < -0.4 is 9.47 Å². The molecule has 1 saturated carbocycles. The molecule has 0 amide bonds. The second kappa shape index (κ2) is 3.97. The third-order valence-electron chi connectivity index (χ3n) is 3.17. The van der Waals surface area contributed by atoms with Crippen molar-refractivity contribution < 1.29 is 18.7 Å². The minimum absolute atomic E-state index is 0.0541. The second-order valence-electron chi connectivity index (χ2n) is 4.31. The van der Waals surface area contributed by atoms with Gasteiger partial charge in [-0.15, -0.1) is 0 Å². The van der Waals surface area contributed by atoms with Crippen molar-refractivity contribution >= 4 is 17.7 Å². The fourth-order valence-electron chi connectivity index (χ4n) is 2.17. The van der Waals surface area contributed by atoms with Gasteiger partial charge in [0.25, 0.3) is 0 Å². The summed E-state index contributed by atoms with van der Waals surface area (Å²) in [4.78, 5) is 14.2. The van der Waals surface area contributed by atoms with Gasteiger partial charge in [-0.25, -0.2) is 9.18 Å². The Hall–Kier alpha value is -1.58. The normalized spacial score (nSPS) is 19.0. The largest absolute Gasteiger partial charge is 0.486 e. The summed E-state index contributed by atoms with van der Waals surface area (Å²) < 4.78 is 25.0. The van der Waals surface area contributed by atoms with E-state index in [1.807, 2.05) is 0 Å². The number of isocyanates is 1. The highest BCUT2D eigenvalue weighted by atomic mass is 35.5. The molecule has 94 valence electrons. The lowest BCUT2D eigenvalue weighted by molar-refractivity contribution is 0.167. The van der Waals surface area contributed by atoms with E-state index in [2.05, 4.69) is 4.99 Å². The van der Waals surface area contributed by atoms with Crippen molar-refractivity contribution in [2.75, 3.05) is 13.2 Å². The van der Waals surface area contributed by atoms with Crippen molar-refractivity contribution in [1.29, 1.82) is 0 Å². The molecule has 1 aliphatic heterocycles. The van der Waals surface area contributed by atoms with E-state index < -0.39 is 11.4 Å². The SMILES string of the molecule is O=C=NC1(c2c(F)c(Cl)cc3c2OCCO3)CC1. The van der Waals surface area contributed by atoms with Gasteiger partial charge >= 0.3 is 0 Å². The minimum Gasteiger partial charge on any atom is -0.486 e. The van der Waals surface area contributed by atoms with Crippen LogP contribution in [0, 0.1) is 5.82 Å². The molecule has 1 aromatic carbocycles. The van der Waals surface area contributed by atoms with Gasteiger partial charge in [-0.1, -0.05) is 11.6 Å². The molecule has 1 heterocycles. The number of rotatable bonds is 2. The molecule has 4 nitrogen and oxygen atoms in total. The number of benzene rings is 1. The van der Waals surface area contributed by atoms with Gasteiger partial charge in [-0.05, 0) is 12.8 Å². The van der Waals surface area contributed by atoms with Crippen LogP contribution in [0.4, 0.5) is 4.39 Å². The van der Waals surface area contributed by atoms with E-state index in [0.29, 0.717) is 37.6 Å². The van der Waals surface area contributed by atoms with Crippen LogP contribution in [0.15, 0.2) is 11.1 Å². The second-order valence-corrected chi connectivity index (χ2v) is 4.71. The summed E-state index contributed by atoms with van der Waals surface area (Å²) in [6.07, 6.45) is 2.65. The van der Waals surface area contributed by atoms with Crippen LogP contribution in [0.1, 0.15) is 18.4 Å². The summed E-state index contributed by atoms with van der Waals surface area (Å²) >= 11 is 5.83. The van der Waals surface area contributed by atoms with E-state index in [-0.39, 0.29) is 10.6 Å². The Morgan fingerprint density at radius 1 is 1.39 bits per heavy atom. The van der Waals surface area contributed by atoms with Crippen LogP contribution in [0.2, 0.25) is 5.02 Å². The highest BCUT2D eigenvalue weighted by Gasteiger charge is 2.50. The monoisotopic (exact) mass is 269 g/mol. The number of nitrogens with zero attached hydrogens (tertiary/aromatic N) is 1. The van der Waals surface area contributed by atoms with Crippen LogP contribution in [0.3, 0.4) is 0 Å². The number of hydrogen-bond acceptors (Lipinski definition) is 4. The van der Waals surface area contributed by atoms with Gasteiger partial charge in [0, 0.05) is 6.07 Å². The molecule has 18 heavy (non-hydrogen) atoms. The quantitative estimate of drug-likeness (QED) is 0.612. The molecule has 1 fully saturated rings. The van der Waals surface area contributed by atoms with Crippen molar-refractivity contribution in [3.63, 3.8) is 0 Å². The smallest absolute Gasteiger partial charge is 0.235 e. The predicted octanol–water partition coefficient (Wildman–Crippen LogP) is 2.58.